The standard InChI is InChI=1S/C26H26O6S/c1-14-10-18-13-31-26(25(29)24(28)23(27)15(2)32-26)21(18)12-17(14)11-20-8-9-22(33-20)16-4-6-19(30-3)7-5-16/h4-10,12,15,23-24,27-28H,11,13H2,1-3H3/t15-,23+,24+,26+/m1/s1. The highest BCUT2D eigenvalue weighted by atomic mass is 32.1. The van der Waals surface area contributed by atoms with Crippen LogP contribution in [0.2, 0.25) is 0 Å². The first-order valence-electron chi connectivity index (χ1n) is 10.9. The number of aliphatic hydroxyl groups excluding tert-OH is 2. The van der Waals surface area contributed by atoms with Crippen molar-refractivity contribution in [3.63, 3.8) is 0 Å². The summed E-state index contributed by atoms with van der Waals surface area (Å²) in [5, 5.41) is 20.4. The highest BCUT2D eigenvalue weighted by Crippen LogP contribution is 2.44. The third kappa shape index (κ3) is 3.70. The number of carbonyl (C=O) groups is 1. The Bertz CT molecular complexity index is 1200. The van der Waals surface area contributed by atoms with Gasteiger partial charge < -0.3 is 24.4 Å². The summed E-state index contributed by atoms with van der Waals surface area (Å²) in [5.41, 5.74) is 4.79. The molecule has 1 spiro atoms. The van der Waals surface area contributed by atoms with Gasteiger partial charge in [0, 0.05) is 21.7 Å². The van der Waals surface area contributed by atoms with E-state index in [2.05, 4.69) is 12.1 Å². The van der Waals surface area contributed by atoms with Gasteiger partial charge in [-0.1, -0.05) is 6.07 Å². The molecule has 3 aromatic rings. The van der Waals surface area contributed by atoms with E-state index in [1.54, 1.807) is 25.4 Å². The predicted octanol–water partition coefficient (Wildman–Crippen LogP) is 3.72. The lowest BCUT2D eigenvalue weighted by Gasteiger charge is -2.40. The van der Waals surface area contributed by atoms with Crippen LogP contribution in [0.1, 0.15) is 34.1 Å². The number of Topliss-reactive ketones (excluding diaryl/α,β-unsaturated/α-hetero) is 1. The molecular weight excluding hydrogens is 440 g/mol. The molecule has 2 N–H and O–H groups in total. The molecule has 172 valence electrons. The van der Waals surface area contributed by atoms with Crippen molar-refractivity contribution in [3.05, 3.63) is 75.7 Å². The van der Waals surface area contributed by atoms with Crippen LogP contribution in [0.25, 0.3) is 10.4 Å². The van der Waals surface area contributed by atoms with Crippen molar-refractivity contribution in [2.45, 2.75) is 51.0 Å². The van der Waals surface area contributed by atoms with E-state index in [9.17, 15) is 15.0 Å². The van der Waals surface area contributed by atoms with Crippen LogP contribution in [0.3, 0.4) is 0 Å². The molecule has 33 heavy (non-hydrogen) atoms. The van der Waals surface area contributed by atoms with Gasteiger partial charge in [0.25, 0.3) is 5.79 Å². The zero-order valence-corrected chi connectivity index (χ0v) is 19.5. The number of ketones is 1. The second-order valence-corrected chi connectivity index (χ2v) is 9.80. The number of aryl methyl sites for hydroxylation is 1. The van der Waals surface area contributed by atoms with Gasteiger partial charge in [0.1, 0.15) is 18.0 Å². The van der Waals surface area contributed by atoms with Crippen LogP contribution in [0, 0.1) is 6.92 Å². The first kappa shape index (κ1) is 22.3. The molecule has 7 heteroatoms. The summed E-state index contributed by atoms with van der Waals surface area (Å²) in [6.45, 7) is 3.90. The molecule has 0 amide bonds. The molecule has 0 aliphatic carbocycles. The molecule has 0 radical (unpaired) electrons. The normalized spacial score (nSPS) is 26.6. The van der Waals surface area contributed by atoms with E-state index in [1.165, 1.54) is 9.75 Å². The summed E-state index contributed by atoms with van der Waals surface area (Å²) < 4.78 is 17.0. The quantitative estimate of drug-likeness (QED) is 0.610. The number of methoxy groups -OCH3 is 1. The lowest BCUT2D eigenvalue weighted by Crippen LogP contribution is -2.59. The minimum atomic E-state index is -1.67. The van der Waals surface area contributed by atoms with Gasteiger partial charge in [-0.2, -0.15) is 0 Å². The number of thiophene rings is 1. The van der Waals surface area contributed by atoms with Crippen molar-refractivity contribution < 1.29 is 29.2 Å². The van der Waals surface area contributed by atoms with E-state index < -0.39 is 29.9 Å². The average molecular weight is 467 g/mol. The van der Waals surface area contributed by atoms with E-state index in [1.807, 2.05) is 43.3 Å². The van der Waals surface area contributed by atoms with E-state index in [-0.39, 0.29) is 6.61 Å². The topological polar surface area (TPSA) is 85.2 Å². The lowest BCUT2D eigenvalue weighted by molar-refractivity contribution is -0.287. The number of hydrogen-bond acceptors (Lipinski definition) is 7. The van der Waals surface area contributed by atoms with E-state index >= 15 is 0 Å². The van der Waals surface area contributed by atoms with Crippen molar-refractivity contribution in [3.8, 4) is 16.2 Å². The van der Waals surface area contributed by atoms with Gasteiger partial charge >= 0.3 is 0 Å². The molecule has 2 aliphatic rings. The Hall–Kier alpha value is -2.55. The first-order chi connectivity index (χ1) is 15.8. The average Bonchev–Trinajstić information content (AvgIpc) is 3.42. The molecule has 0 bridgehead atoms. The third-order valence-electron chi connectivity index (χ3n) is 6.50. The summed E-state index contributed by atoms with van der Waals surface area (Å²) in [7, 11) is 1.65. The minimum Gasteiger partial charge on any atom is -0.497 e. The Kier molecular flexibility index (Phi) is 5.63. The van der Waals surface area contributed by atoms with Gasteiger partial charge in [-0.05, 0) is 78.6 Å². The molecule has 1 aromatic heterocycles. The predicted molar refractivity (Wildman–Crippen MR) is 124 cm³/mol. The monoisotopic (exact) mass is 466 g/mol. The molecular formula is C26H26O6S. The first-order valence-corrected chi connectivity index (χ1v) is 11.7. The van der Waals surface area contributed by atoms with Crippen LogP contribution >= 0.6 is 11.3 Å². The summed E-state index contributed by atoms with van der Waals surface area (Å²) in [6, 6.07) is 16.2. The smallest absolute Gasteiger partial charge is 0.260 e. The van der Waals surface area contributed by atoms with Crippen molar-refractivity contribution >= 4 is 17.1 Å². The SMILES string of the molecule is COc1ccc(-c2ccc(Cc3cc4c(cc3C)CO[C@]43O[C@H](C)[C@H](O)[C@H](O)C3=O)s2)cc1. The van der Waals surface area contributed by atoms with Crippen LogP contribution in [-0.4, -0.2) is 41.4 Å². The van der Waals surface area contributed by atoms with Crippen LogP contribution in [-0.2, 0) is 33.1 Å². The summed E-state index contributed by atoms with van der Waals surface area (Å²) in [6.07, 6.45) is -2.86. The number of ether oxygens (including phenoxy) is 3. The van der Waals surface area contributed by atoms with Crippen LogP contribution < -0.4 is 4.74 Å². The highest BCUT2D eigenvalue weighted by Gasteiger charge is 2.57. The largest absolute Gasteiger partial charge is 0.497 e. The van der Waals surface area contributed by atoms with Crippen LogP contribution in [0.15, 0.2) is 48.5 Å². The molecule has 2 aromatic carbocycles. The second kappa shape index (κ2) is 8.34. The summed E-state index contributed by atoms with van der Waals surface area (Å²) in [4.78, 5) is 15.3. The molecule has 3 heterocycles. The summed E-state index contributed by atoms with van der Waals surface area (Å²) in [5.74, 6) is -1.49. The zero-order valence-electron chi connectivity index (χ0n) is 18.7. The second-order valence-electron chi connectivity index (χ2n) is 8.63. The Morgan fingerprint density at radius 2 is 1.91 bits per heavy atom. The molecule has 2 aliphatic heterocycles. The molecule has 0 unspecified atom stereocenters. The molecule has 0 saturated carbocycles. The van der Waals surface area contributed by atoms with Crippen LogP contribution in [0.5, 0.6) is 5.75 Å². The van der Waals surface area contributed by atoms with Gasteiger partial charge in [-0.15, -0.1) is 11.3 Å². The number of hydrogen-bond donors (Lipinski definition) is 2. The van der Waals surface area contributed by atoms with Crippen molar-refractivity contribution in [2.75, 3.05) is 7.11 Å². The Morgan fingerprint density at radius 3 is 2.64 bits per heavy atom. The van der Waals surface area contributed by atoms with Crippen molar-refractivity contribution in [2.24, 2.45) is 0 Å². The van der Waals surface area contributed by atoms with E-state index in [0.717, 1.165) is 28.0 Å². The fraction of sp³-hybridized carbons (Fsp3) is 0.346. The van der Waals surface area contributed by atoms with E-state index in [4.69, 9.17) is 14.2 Å². The maximum Gasteiger partial charge on any atom is 0.260 e. The Labute approximate surface area is 196 Å². The highest BCUT2D eigenvalue weighted by molar-refractivity contribution is 7.15. The Balaban J connectivity index is 1.45. The van der Waals surface area contributed by atoms with Gasteiger partial charge in [0.15, 0.2) is 0 Å². The fourth-order valence-corrected chi connectivity index (χ4v) is 5.59. The van der Waals surface area contributed by atoms with Gasteiger partial charge in [-0.25, -0.2) is 0 Å². The number of carbonyl (C=O) groups excluding carboxylic acids is 1. The minimum absolute atomic E-state index is 0.221. The third-order valence-corrected chi connectivity index (χ3v) is 7.63. The molecule has 4 atom stereocenters. The maximum absolute atomic E-state index is 13.0. The van der Waals surface area contributed by atoms with Gasteiger partial charge in [-0.3, -0.25) is 4.79 Å². The molecule has 1 fully saturated rings. The lowest BCUT2D eigenvalue weighted by atomic mass is 9.87. The maximum atomic E-state index is 13.0. The van der Waals surface area contributed by atoms with Gasteiger partial charge in [0.05, 0.1) is 19.8 Å². The fourth-order valence-electron chi connectivity index (χ4n) is 4.55. The number of aliphatic hydroxyl groups is 2. The molecule has 5 rings (SSSR count). The van der Waals surface area contributed by atoms with Crippen molar-refractivity contribution in [1.82, 2.24) is 0 Å². The number of fused-ring (bicyclic) bond motifs is 2. The van der Waals surface area contributed by atoms with Gasteiger partial charge in [0.2, 0.25) is 5.78 Å². The van der Waals surface area contributed by atoms with E-state index in [0.29, 0.717) is 12.0 Å². The molecule has 6 nitrogen and oxygen atoms in total. The Morgan fingerprint density at radius 1 is 1.15 bits per heavy atom. The zero-order chi connectivity index (χ0) is 23.3. The summed E-state index contributed by atoms with van der Waals surface area (Å²) >= 11 is 1.72. The van der Waals surface area contributed by atoms with Crippen molar-refractivity contribution in [1.29, 1.82) is 0 Å². The number of rotatable bonds is 4. The van der Waals surface area contributed by atoms with Crippen LogP contribution in [0.4, 0.5) is 0 Å². The number of benzene rings is 2. The molecule has 1 saturated heterocycles.